The first-order chi connectivity index (χ1) is 13.6. The minimum atomic E-state index is -0.363. The van der Waals surface area contributed by atoms with Crippen molar-refractivity contribution in [2.75, 3.05) is 26.7 Å². The van der Waals surface area contributed by atoms with Gasteiger partial charge in [0.2, 0.25) is 0 Å². The minimum Gasteiger partial charge on any atom is -0.354 e. The van der Waals surface area contributed by atoms with E-state index < -0.39 is 0 Å². The Kier molecular flexibility index (Phi) is 7.65. The summed E-state index contributed by atoms with van der Waals surface area (Å²) in [4.78, 5) is 17.5. The standard InChI is InChI=1S/C21H33N5O2/c1-22-21(23-15-18-8-5-9-20(14-18)26(27)28)24-19-10-12-25(13-11-19)16-17-6-3-2-4-7-17/h5,8-9,14,17,19H,2-4,6-7,10-13,15-16H2,1H3,(H2,22,23,24). The van der Waals surface area contributed by atoms with Crippen molar-refractivity contribution < 1.29 is 4.92 Å². The lowest BCUT2D eigenvalue weighted by Crippen LogP contribution is -2.49. The Morgan fingerprint density at radius 2 is 1.96 bits per heavy atom. The first kappa shape index (κ1) is 20.6. The second kappa shape index (κ2) is 10.4. The van der Waals surface area contributed by atoms with Crippen LogP contribution in [0, 0.1) is 16.0 Å². The molecule has 1 aromatic carbocycles. The Hall–Kier alpha value is -2.15. The number of benzene rings is 1. The van der Waals surface area contributed by atoms with Crippen LogP contribution in [0.4, 0.5) is 5.69 Å². The summed E-state index contributed by atoms with van der Waals surface area (Å²) in [7, 11) is 1.76. The summed E-state index contributed by atoms with van der Waals surface area (Å²) in [5, 5.41) is 17.7. The summed E-state index contributed by atoms with van der Waals surface area (Å²) in [6.45, 7) is 4.08. The summed E-state index contributed by atoms with van der Waals surface area (Å²) in [6.07, 6.45) is 9.32. The number of nitrogens with zero attached hydrogens (tertiary/aromatic N) is 3. The van der Waals surface area contributed by atoms with E-state index in [1.54, 1.807) is 19.2 Å². The lowest BCUT2D eigenvalue weighted by atomic mass is 9.88. The van der Waals surface area contributed by atoms with Crippen LogP contribution in [0.2, 0.25) is 0 Å². The quantitative estimate of drug-likeness (QED) is 0.339. The zero-order chi connectivity index (χ0) is 19.8. The van der Waals surface area contributed by atoms with Gasteiger partial charge in [-0.05, 0) is 37.2 Å². The summed E-state index contributed by atoms with van der Waals surface area (Å²) < 4.78 is 0. The van der Waals surface area contributed by atoms with Crippen LogP contribution in [0.1, 0.15) is 50.5 Å². The third-order valence-electron chi connectivity index (χ3n) is 5.97. The molecule has 1 aliphatic heterocycles. The van der Waals surface area contributed by atoms with Gasteiger partial charge in [0.05, 0.1) is 4.92 Å². The van der Waals surface area contributed by atoms with E-state index in [0.29, 0.717) is 12.6 Å². The van der Waals surface area contributed by atoms with Gasteiger partial charge >= 0.3 is 0 Å². The zero-order valence-corrected chi connectivity index (χ0v) is 16.9. The molecule has 7 heteroatoms. The number of piperidine rings is 1. The molecular weight excluding hydrogens is 354 g/mol. The molecule has 2 aliphatic rings. The number of likely N-dealkylation sites (tertiary alicyclic amines) is 1. The molecular formula is C21H33N5O2. The monoisotopic (exact) mass is 387 g/mol. The van der Waals surface area contributed by atoms with Gasteiger partial charge in [-0.1, -0.05) is 31.4 Å². The maximum atomic E-state index is 10.9. The molecule has 1 aromatic rings. The fourth-order valence-electron chi connectivity index (χ4n) is 4.35. The van der Waals surface area contributed by atoms with E-state index in [1.807, 2.05) is 6.07 Å². The van der Waals surface area contributed by atoms with Crippen LogP contribution in [-0.4, -0.2) is 48.5 Å². The molecule has 0 spiro atoms. The van der Waals surface area contributed by atoms with E-state index in [0.717, 1.165) is 43.4 Å². The smallest absolute Gasteiger partial charge is 0.269 e. The van der Waals surface area contributed by atoms with Crippen molar-refractivity contribution in [1.82, 2.24) is 15.5 Å². The highest BCUT2D eigenvalue weighted by Gasteiger charge is 2.23. The SMILES string of the molecule is CN=C(NCc1cccc([N+](=O)[O-])c1)NC1CCN(CC2CCCCC2)CC1. The molecule has 154 valence electrons. The van der Waals surface area contributed by atoms with E-state index in [2.05, 4.69) is 20.5 Å². The second-order valence-corrected chi connectivity index (χ2v) is 8.08. The van der Waals surface area contributed by atoms with E-state index in [1.165, 1.54) is 44.7 Å². The third-order valence-corrected chi connectivity index (χ3v) is 5.97. The molecule has 0 amide bonds. The van der Waals surface area contributed by atoms with E-state index in [-0.39, 0.29) is 10.6 Å². The van der Waals surface area contributed by atoms with Crippen molar-refractivity contribution in [3.63, 3.8) is 0 Å². The molecule has 0 aromatic heterocycles. The van der Waals surface area contributed by atoms with Gasteiger partial charge < -0.3 is 15.5 Å². The summed E-state index contributed by atoms with van der Waals surface area (Å²) in [5.74, 6) is 1.67. The Bertz CT molecular complexity index is 665. The average Bonchev–Trinajstić information content (AvgIpc) is 2.73. The van der Waals surface area contributed by atoms with Gasteiger partial charge in [-0.3, -0.25) is 15.1 Å². The van der Waals surface area contributed by atoms with Crippen LogP contribution in [0.15, 0.2) is 29.3 Å². The van der Waals surface area contributed by atoms with Crippen molar-refractivity contribution in [2.45, 2.75) is 57.5 Å². The van der Waals surface area contributed by atoms with Crippen molar-refractivity contribution in [3.05, 3.63) is 39.9 Å². The lowest BCUT2D eigenvalue weighted by Gasteiger charge is -2.36. The maximum Gasteiger partial charge on any atom is 0.269 e. The molecule has 1 saturated carbocycles. The number of nitrogens with one attached hydrogen (secondary N) is 2. The summed E-state index contributed by atoms with van der Waals surface area (Å²) >= 11 is 0. The van der Waals surface area contributed by atoms with E-state index >= 15 is 0 Å². The number of nitro benzene ring substituents is 1. The third kappa shape index (κ3) is 6.19. The molecule has 3 rings (SSSR count). The minimum absolute atomic E-state index is 0.118. The van der Waals surface area contributed by atoms with Gasteiger partial charge in [-0.25, -0.2) is 0 Å². The van der Waals surface area contributed by atoms with Crippen molar-refractivity contribution in [1.29, 1.82) is 0 Å². The summed E-state index contributed by atoms with van der Waals surface area (Å²) in [5.41, 5.74) is 0.993. The topological polar surface area (TPSA) is 82.8 Å². The normalized spacial score (nSPS) is 20.1. The van der Waals surface area contributed by atoms with Gasteiger partial charge in [0.1, 0.15) is 0 Å². The van der Waals surface area contributed by atoms with E-state index in [9.17, 15) is 10.1 Å². The molecule has 0 unspecified atom stereocenters. The van der Waals surface area contributed by atoms with Crippen molar-refractivity contribution in [3.8, 4) is 0 Å². The molecule has 28 heavy (non-hydrogen) atoms. The Labute approximate surface area is 167 Å². The molecule has 2 N–H and O–H groups in total. The predicted molar refractivity (Wildman–Crippen MR) is 112 cm³/mol. The van der Waals surface area contributed by atoms with Gasteiger partial charge in [-0.15, -0.1) is 0 Å². The van der Waals surface area contributed by atoms with E-state index in [4.69, 9.17) is 0 Å². The highest BCUT2D eigenvalue weighted by atomic mass is 16.6. The Balaban J connectivity index is 1.40. The molecule has 0 atom stereocenters. The molecule has 1 aliphatic carbocycles. The maximum absolute atomic E-state index is 10.9. The van der Waals surface area contributed by atoms with Gasteiger partial charge in [-0.2, -0.15) is 0 Å². The van der Waals surface area contributed by atoms with Crippen LogP contribution in [0.3, 0.4) is 0 Å². The van der Waals surface area contributed by atoms with Crippen molar-refractivity contribution in [2.24, 2.45) is 10.9 Å². The van der Waals surface area contributed by atoms with Gasteiger partial charge in [0, 0.05) is 51.4 Å². The number of guanidine groups is 1. The second-order valence-electron chi connectivity index (χ2n) is 8.08. The highest BCUT2D eigenvalue weighted by molar-refractivity contribution is 5.80. The molecule has 7 nitrogen and oxygen atoms in total. The molecule has 1 heterocycles. The number of rotatable bonds is 6. The Morgan fingerprint density at radius 3 is 2.64 bits per heavy atom. The van der Waals surface area contributed by atoms with Crippen LogP contribution in [0.5, 0.6) is 0 Å². The predicted octanol–water partition coefficient (Wildman–Crippen LogP) is 3.30. The largest absolute Gasteiger partial charge is 0.354 e. The van der Waals surface area contributed by atoms with Crippen LogP contribution < -0.4 is 10.6 Å². The van der Waals surface area contributed by atoms with Crippen molar-refractivity contribution >= 4 is 11.6 Å². The van der Waals surface area contributed by atoms with Crippen LogP contribution in [0.25, 0.3) is 0 Å². The zero-order valence-electron chi connectivity index (χ0n) is 16.9. The molecule has 1 saturated heterocycles. The number of hydrogen-bond acceptors (Lipinski definition) is 4. The highest BCUT2D eigenvalue weighted by Crippen LogP contribution is 2.25. The number of aliphatic imine (C=N–C) groups is 1. The summed E-state index contributed by atoms with van der Waals surface area (Å²) in [6, 6.07) is 7.14. The fraction of sp³-hybridized carbons (Fsp3) is 0.667. The van der Waals surface area contributed by atoms with Gasteiger partial charge in [0.15, 0.2) is 5.96 Å². The van der Waals surface area contributed by atoms with Crippen LogP contribution in [-0.2, 0) is 6.54 Å². The first-order valence-electron chi connectivity index (χ1n) is 10.6. The van der Waals surface area contributed by atoms with Gasteiger partial charge in [0.25, 0.3) is 5.69 Å². The average molecular weight is 388 g/mol. The number of non-ortho nitro benzene ring substituents is 1. The molecule has 0 bridgehead atoms. The lowest BCUT2D eigenvalue weighted by molar-refractivity contribution is -0.384. The van der Waals surface area contributed by atoms with Crippen LogP contribution >= 0.6 is 0 Å². The first-order valence-corrected chi connectivity index (χ1v) is 10.6. The fourth-order valence-corrected chi connectivity index (χ4v) is 4.35. The molecule has 0 radical (unpaired) electrons. The molecule has 2 fully saturated rings. The number of hydrogen-bond donors (Lipinski definition) is 2. The Morgan fingerprint density at radius 1 is 1.21 bits per heavy atom. The number of nitro groups is 1.